The van der Waals surface area contributed by atoms with E-state index in [9.17, 15) is 4.79 Å². The minimum absolute atomic E-state index is 0.135. The quantitative estimate of drug-likeness (QED) is 0.702. The molecule has 5 heteroatoms. The summed E-state index contributed by atoms with van der Waals surface area (Å²) < 4.78 is 5.26. The van der Waals surface area contributed by atoms with Crippen molar-refractivity contribution in [2.45, 2.75) is 45.4 Å². The van der Waals surface area contributed by atoms with E-state index in [1.165, 1.54) is 4.90 Å². The fourth-order valence-corrected chi connectivity index (χ4v) is 1.79. The molecule has 0 aromatic rings. The van der Waals surface area contributed by atoms with E-state index < -0.39 is 5.60 Å². The van der Waals surface area contributed by atoms with E-state index in [0.29, 0.717) is 13.0 Å². The third-order valence-electron chi connectivity index (χ3n) is 2.64. The number of nitrogens with zero attached hydrogens (tertiary/aromatic N) is 1. The summed E-state index contributed by atoms with van der Waals surface area (Å²) in [6.45, 7) is 6.18. The van der Waals surface area contributed by atoms with Crippen molar-refractivity contribution >= 4 is 6.09 Å². The smallest absolute Gasteiger partial charge is 0.411 e. The van der Waals surface area contributed by atoms with Crippen LogP contribution in [0, 0.1) is 5.92 Å². The summed E-state index contributed by atoms with van der Waals surface area (Å²) in [5.41, 5.74) is 5.38. The molecule has 1 aliphatic rings. The number of rotatable bonds is 1. The van der Waals surface area contributed by atoms with Crippen molar-refractivity contribution in [3.05, 3.63) is 0 Å². The first-order valence-electron chi connectivity index (χ1n) is 5.69. The van der Waals surface area contributed by atoms with Crippen molar-refractivity contribution in [2.24, 2.45) is 11.7 Å². The third-order valence-corrected chi connectivity index (χ3v) is 2.64. The number of piperidine rings is 1. The second kappa shape index (κ2) is 5.01. The fraction of sp³-hybridized carbons (Fsp3) is 0.909. The highest BCUT2D eigenvalue weighted by atomic mass is 16.6. The van der Waals surface area contributed by atoms with Crippen LogP contribution >= 0.6 is 0 Å². The van der Waals surface area contributed by atoms with E-state index >= 15 is 0 Å². The maximum absolute atomic E-state index is 11.8. The minimum atomic E-state index is -0.495. The van der Waals surface area contributed by atoms with Gasteiger partial charge in [0.2, 0.25) is 0 Å². The van der Waals surface area contributed by atoms with Crippen molar-refractivity contribution in [1.29, 1.82) is 0 Å². The van der Waals surface area contributed by atoms with Crippen LogP contribution in [-0.4, -0.2) is 41.0 Å². The number of carbonyl (C=O) groups is 1. The molecule has 0 aromatic heterocycles. The van der Waals surface area contributed by atoms with Gasteiger partial charge in [-0.25, -0.2) is 4.79 Å². The largest absolute Gasteiger partial charge is 0.444 e. The Hall–Kier alpha value is -0.810. The molecule has 0 bridgehead atoms. The number of aliphatic hydroxyl groups excluding tert-OH is 1. The van der Waals surface area contributed by atoms with Crippen molar-refractivity contribution in [3.8, 4) is 0 Å². The molecule has 16 heavy (non-hydrogen) atoms. The molecule has 0 aromatic carbocycles. The molecule has 2 unspecified atom stereocenters. The molecular weight excluding hydrogens is 208 g/mol. The minimum Gasteiger partial charge on any atom is -0.444 e. The molecule has 2 atom stereocenters. The predicted molar refractivity (Wildman–Crippen MR) is 60.7 cm³/mol. The van der Waals surface area contributed by atoms with Crippen molar-refractivity contribution < 1.29 is 14.6 Å². The fourth-order valence-electron chi connectivity index (χ4n) is 1.79. The third kappa shape index (κ3) is 3.64. The molecule has 0 aliphatic carbocycles. The van der Waals surface area contributed by atoms with Crippen LogP contribution in [-0.2, 0) is 4.74 Å². The van der Waals surface area contributed by atoms with Crippen LogP contribution in [0.1, 0.15) is 33.6 Å². The summed E-state index contributed by atoms with van der Waals surface area (Å²) in [4.78, 5) is 13.3. The SMILES string of the molecule is CC(C)(C)OC(=O)N1CCC(CO)CC1N. The Morgan fingerprint density at radius 3 is 2.62 bits per heavy atom. The summed E-state index contributed by atoms with van der Waals surface area (Å²) in [5, 5.41) is 9.03. The van der Waals surface area contributed by atoms with Crippen LogP contribution in [0.5, 0.6) is 0 Å². The standard InChI is InChI=1S/C11H22N2O3/c1-11(2,3)16-10(15)13-5-4-8(7-14)6-9(13)12/h8-9,14H,4-7,12H2,1-3H3. The lowest BCUT2D eigenvalue weighted by Crippen LogP contribution is -2.52. The van der Waals surface area contributed by atoms with E-state index in [1.807, 2.05) is 20.8 Å². The van der Waals surface area contributed by atoms with Crippen molar-refractivity contribution in [3.63, 3.8) is 0 Å². The number of ether oxygens (including phenoxy) is 1. The Kier molecular flexibility index (Phi) is 4.15. The average molecular weight is 230 g/mol. The van der Waals surface area contributed by atoms with E-state index in [0.717, 1.165) is 6.42 Å². The number of hydrogen-bond acceptors (Lipinski definition) is 4. The number of hydrogen-bond donors (Lipinski definition) is 2. The van der Waals surface area contributed by atoms with Crippen LogP contribution < -0.4 is 5.73 Å². The van der Waals surface area contributed by atoms with Crippen LogP contribution in [0.2, 0.25) is 0 Å². The first kappa shape index (κ1) is 13.3. The van der Waals surface area contributed by atoms with Gasteiger partial charge in [-0.15, -0.1) is 0 Å². The van der Waals surface area contributed by atoms with Crippen LogP contribution in [0.4, 0.5) is 4.79 Å². The van der Waals surface area contributed by atoms with E-state index in [-0.39, 0.29) is 24.8 Å². The zero-order chi connectivity index (χ0) is 12.3. The lowest BCUT2D eigenvalue weighted by Gasteiger charge is -2.37. The Morgan fingerprint density at radius 2 is 2.19 bits per heavy atom. The van der Waals surface area contributed by atoms with E-state index in [4.69, 9.17) is 15.6 Å². The van der Waals surface area contributed by atoms with E-state index in [2.05, 4.69) is 0 Å². The summed E-state index contributed by atoms with van der Waals surface area (Å²) in [6.07, 6.45) is 0.705. The van der Waals surface area contributed by atoms with Gasteiger partial charge in [-0.05, 0) is 39.5 Å². The second-order valence-electron chi connectivity index (χ2n) is 5.31. The molecule has 94 valence electrons. The predicted octanol–water partition coefficient (Wildman–Crippen LogP) is 0.911. The van der Waals surface area contributed by atoms with E-state index in [1.54, 1.807) is 0 Å². The average Bonchev–Trinajstić information content (AvgIpc) is 2.14. The lowest BCUT2D eigenvalue weighted by molar-refractivity contribution is 0.00181. The van der Waals surface area contributed by atoms with Gasteiger partial charge < -0.3 is 15.6 Å². The Balaban J connectivity index is 2.52. The Morgan fingerprint density at radius 1 is 1.56 bits per heavy atom. The van der Waals surface area contributed by atoms with Crippen LogP contribution in [0.3, 0.4) is 0 Å². The molecule has 1 saturated heterocycles. The zero-order valence-corrected chi connectivity index (χ0v) is 10.3. The van der Waals surface area contributed by atoms with Gasteiger partial charge in [-0.2, -0.15) is 0 Å². The van der Waals surface area contributed by atoms with Gasteiger partial charge in [0.1, 0.15) is 5.60 Å². The number of likely N-dealkylation sites (tertiary alicyclic amines) is 1. The summed E-state index contributed by atoms with van der Waals surface area (Å²) >= 11 is 0. The molecule has 1 amide bonds. The maximum atomic E-state index is 11.8. The molecule has 1 heterocycles. The number of nitrogens with two attached hydrogens (primary N) is 1. The highest BCUT2D eigenvalue weighted by Crippen LogP contribution is 2.21. The Bertz CT molecular complexity index is 250. The zero-order valence-electron chi connectivity index (χ0n) is 10.3. The summed E-state index contributed by atoms with van der Waals surface area (Å²) in [6, 6.07) is 0. The van der Waals surface area contributed by atoms with Gasteiger partial charge in [0.25, 0.3) is 0 Å². The van der Waals surface area contributed by atoms with Crippen LogP contribution in [0.15, 0.2) is 0 Å². The molecule has 0 saturated carbocycles. The molecule has 0 spiro atoms. The molecule has 3 N–H and O–H groups in total. The van der Waals surface area contributed by atoms with Gasteiger partial charge in [0, 0.05) is 13.2 Å². The van der Waals surface area contributed by atoms with Gasteiger partial charge in [0.05, 0.1) is 6.17 Å². The Labute approximate surface area is 96.6 Å². The number of carbonyl (C=O) groups excluding carboxylic acids is 1. The first-order valence-corrected chi connectivity index (χ1v) is 5.69. The topological polar surface area (TPSA) is 75.8 Å². The first-order chi connectivity index (χ1) is 7.33. The molecule has 5 nitrogen and oxygen atoms in total. The van der Waals surface area contributed by atoms with Gasteiger partial charge in [-0.1, -0.05) is 0 Å². The molecule has 1 fully saturated rings. The van der Waals surface area contributed by atoms with Crippen molar-refractivity contribution in [2.75, 3.05) is 13.2 Å². The van der Waals surface area contributed by atoms with Crippen LogP contribution in [0.25, 0.3) is 0 Å². The number of aliphatic hydroxyl groups is 1. The van der Waals surface area contributed by atoms with Gasteiger partial charge in [0.15, 0.2) is 0 Å². The molecular formula is C11H22N2O3. The second-order valence-corrected chi connectivity index (χ2v) is 5.31. The highest BCUT2D eigenvalue weighted by Gasteiger charge is 2.31. The normalized spacial score (nSPS) is 26.7. The lowest BCUT2D eigenvalue weighted by atomic mass is 9.96. The van der Waals surface area contributed by atoms with Gasteiger partial charge >= 0.3 is 6.09 Å². The summed E-state index contributed by atoms with van der Waals surface area (Å²) in [7, 11) is 0. The maximum Gasteiger partial charge on any atom is 0.411 e. The molecule has 1 aliphatic heterocycles. The molecule has 1 rings (SSSR count). The van der Waals surface area contributed by atoms with Gasteiger partial charge in [-0.3, -0.25) is 4.90 Å². The number of amides is 1. The summed E-state index contributed by atoms with van der Waals surface area (Å²) in [5.74, 6) is 0.202. The highest BCUT2D eigenvalue weighted by molar-refractivity contribution is 5.68. The van der Waals surface area contributed by atoms with Crippen molar-refractivity contribution in [1.82, 2.24) is 4.90 Å². The monoisotopic (exact) mass is 230 g/mol. The molecule has 0 radical (unpaired) electrons.